The van der Waals surface area contributed by atoms with Crippen molar-refractivity contribution in [2.75, 3.05) is 31.3 Å². The van der Waals surface area contributed by atoms with Gasteiger partial charge in [-0.3, -0.25) is 28.0 Å². The SMILES string of the molecule is Nc1nc2c(ncn2[C@@H]2O[C@H](CO[P+](=O)O)[C@@H](F)[C@H]2OP(=O)(O)OC[C@@]23CO[C@@H]([C@H](n4cnc5c(N)ncnc54)O2)[C@@H]3O)c(=O)[nH]1. The molecule has 246 valence electrons. The molecular weight excluding hydrogens is 665 g/mol. The first-order valence-corrected chi connectivity index (χ1v) is 15.9. The summed E-state index contributed by atoms with van der Waals surface area (Å²) in [6, 6.07) is 0. The Morgan fingerprint density at radius 3 is 2.67 bits per heavy atom. The van der Waals surface area contributed by atoms with E-state index < -0.39 is 83.5 Å². The summed E-state index contributed by atoms with van der Waals surface area (Å²) in [5.74, 6) is -0.205. The van der Waals surface area contributed by atoms with E-state index in [0.717, 1.165) is 10.9 Å². The first-order chi connectivity index (χ1) is 21.9. The van der Waals surface area contributed by atoms with Gasteiger partial charge in [-0.2, -0.15) is 4.98 Å². The molecule has 0 spiro atoms. The number of nitrogen functional groups attached to an aromatic ring is 2. The van der Waals surface area contributed by atoms with Crippen LogP contribution in [0.2, 0.25) is 0 Å². The number of phosphoric ester groups is 1. The Hall–Kier alpha value is -3.60. The van der Waals surface area contributed by atoms with Crippen molar-refractivity contribution in [3.63, 3.8) is 0 Å². The molecule has 2 bridgehead atoms. The molecule has 3 fully saturated rings. The van der Waals surface area contributed by atoms with Crippen molar-refractivity contribution in [1.29, 1.82) is 0 Å². The van der Waals surface area contributed by atoms with Crippen LogP contribution in [0.5, 0.6) is 0 Å². The number of fused-ring (bicyclic) bond motifs is 4. The monoisotopic (exact) mass is 689 g/mol. The van der Waals surface area contributed by atoms with Crippen molar-refractivity contribution in [1.82, 2.24) is 39.0 Å². The standard InChI is InChI=1S/C21H23FN10O12P2/c22-8-7(1-40-45(35)36)42-18(32-6-28-10-16(32)29-20(24)30-17(10)34)11(8)44-46(37,38)41-3-21-2-39-12(13(21)33)19(43-21)31-5-27-9-14(23)25-4-26-15(9)31/h4-8,11-13,18-19,33H,1-3H2,(H6-,23,24,25,26,29,30,34,35,36,37,38)/p+1/t7-,8-,11-,12-,13+,18-,19-,21-/m1/s1. The Labute approximate surface area is 255 Å². The van der Waals surface area contributed by atoms with E-state index in [1.807, 2.05) is 0 Å². The van der Waals surface area contributed by atoms with Gasteiger partial charge in [0.05, 0.1) is 25.9 Å². The summed E-state index contributed by atoms with van der Waals surface area (Å²) in [7, 11) is -8.37. The molecule has 8 N–H and O–H groups in total. The molecule has 3 aliphatic heterocycles. The second-order valence-electron chi connectivity index (χ2n) is 10.5. The summed E-state index contributed by atoms with van der Waals surface area (Å²) in [6.45, 7) is -1.76. The molecule has 3 aliphatic rings. The Bertz CT molecular complexity index is 1940. The van der Waals surface area contributed by atoms with Crippen LogP contribution < -0.4 is 17.0 Å². The minimum absolute atomic E-state index is 0.110. The normalized spacial score (nSPS) is 32.4. The van der Waals surface area contributed by atoms with Gasteiger partial charge in [-0.05, 0) is 0 Å². The molecule has 22 nitrogen and oxygen atoms in total. The van der Waals surface area contributed by atoms with Crippen LogP contribution >= 0.6 is 16.1 Å². The zero-order valence-corrected chi connectivity index (χ0v) is 24.8. The van der Waals surface area contributed by atoms with E-state index in [2.05, 4.69) is 34.4 Å². The van der Waals surface area contributed by atoms with Gasteiger partial charge in [0.25, 0.3) is 5.56 Å². The van der Waals surface area contributed by atoms with Gasteiger partial charge < -0.3 is 35.7 Å². The van der Waals surface area contributed by atoms with Crippen molar-refractivity contribution >= 4 is 50.2 Å². The second-order valence-corrected chi connectivity index (χ2v) is 12.6. The zero-order chi connectivity index (χ0) is 32.5. The summed E-state index contributed by atoms with van der Waals surface area (Å²) >= 11 is 0. The van der Waals surface area contributed by atoms with Crippen LogP contribution in [0.15, 0.2) is 23.8 Å². The molecule has 7 heterocycles. The number of halogens is 1. The Morgan fingerprint density at radius 1 is 1.17 bits per heavy atom. The van der Waals surface area contributed by atoms with Gasteiger partial charge in [0, 0.05) is 4.57 Å². The fourth-order valence-corrected chi connectivity index (χ4v) is 6.85. The van der Waals surface area contributed by atoms with Gasteiger partial charge in [-0.25, -0.2) is 28.9 Å². The topological polar surface area (TPSA) is 309 Å². The number of alkyl halides is 1. The lowest BCUT2D eigenvalue weighted by Crippen LogP contribution is -2.45. The van der Waals surface area contributed by atoms with E-state index in [0.29, 0.717) is 0 Å². The van der Waals surface area contributed by atoms with Crippen LogP contribution in [-0.4, -0.2) is 110 Å². The van der Waals surface area contributed by atoms with Crippen molar-refractivity contribution in [3.8, 4) is 0 Å². The van der Waals surface area contributed by atoms with Crippen LogP contribution in [0.1, 0.15) is 12.5 Å². The minimum atomic E-state index is -5.22. The van der Waals surface area contributed by atoms with E-state index >= 15 is 4.39 Å². The van der Waals surface area contributed by atoms with Crippen LogP contribution in [0.25, 0.3) is 22.3 Å². The molecule has 46 heavy (non-hydrogen) atoms. The number of imidazole rings is 2. The number of phosphoric acid groups is 1. The predicted octanol–water partition coefficient (Wildman–Crippen LogP) is -1.44. The molecule has 4 aromatic heterocycles. The van der Waals surface area contributed by atoms with E-state index in [-0.39, 0.29) is 40.7 Å². The largest absolute Gasteiger partial charge is 0.694 e. The highest BCUT2D eigenvalue weighted by atomic mass is 31.2. The number of aliphatic hydroxyl groups excluding tert-OH is 1. The van der Waals surface area contributed by atoms with E-state index in [1.165, 1.54) is 17.2 Å². The van der Waals surface area contributed by atoms with Crippen molar-refractivity contribution in [3.05, 3.63) is 29.3 Å². The van der Waals surface area contributed by atoms with Crippen LogP contribution in [0.4, 0.5) is 16.2 Å². The number of aromatic nitrogens is 8. The molecule has 0 saturated carbocycles. The zero-order valence-electron chi connectivity index (χ0n) is 23.0. The van der Waals surface area contributed by atoms with Crippen LogP contribution in [0, 0.1) is 0 Å². The van der Waals surface area contributed by atoms with Gasteiger partial charge in [0.15, 0.2) is 41.3 Å². The molecule has 0 aromatic carbocycles. The molecule has 0 amide bonds. The van der Waals surface area contributed by atoms with Gasteiger partial charge >= 0.3 is 16.1 Å². The molecule has 7 rings (SSSR count). The van der Waals surface area contributed by atoms with Gasteiger partial charge in [0.2, 0.25) is 5.95 Å². The summed E-state index contributed by atoms with van der Waals surface area (Å²) in [6.07, 6.45) is -7.13. The number of nitrogens with one attached hydrogen (secondary N) is 1. The number of nitrogens with zero attached hydrogens (tertiary/aromatic N) is 7. The van der Waals surface area contributed by atoms with Crippen molar-refractivity contribution < 1.29 is 56.2 Å². The molecular formula is C21H24FN10O12P2+. The highest BCUT2D eigenvalue weighted by Gasteiger charge is 2.63. The summed E-state index contributed by atoms with van der Waals surface area (Å²) in [4.78, 5) is 54.4. The average Bonchev–Trinajstić information content (AvgIpc) is 3.80. The lowest BCUT2D eigenvalue weighted by Gasteiger charge is -2.31. The summed E-state index contributed by atoms with van der Waals surface area (Å²) in [5, 5.41) is 11.0. The summed E-state index contributed by atoms with van der Waals surface area (Å²) in [5.41, 5.74) is 9.25. The highest BCUT2D eigenvalue weighted by molar-refractivity contribution is 7.47. The number of hydrogen-bond acceptors (Lipinski definition) is 17. The number of ether oxygens (including phenoxy) is 3. The Morgan fingerprint density at radius 2 is 1.91 bits per heavy atom. The molecule has 3 saturated heterocycles. The maximum absolute atomic E-state index is 15.7. The van der Waals surface area contributed by atoms with E-state index in [4.69, 9.17) is 39.6 Å². The fourth-order valence-electron chi connectivity index (χ4n) is 5.60. The van der Waals surface area contributed by atoms with Crippen molar-refractivity contribution in [2.45, 2.75) is 48.6 Å². The number of aliphatic hydroxyl groups is 1. The smallest absolute Gasteiger partial charge is 0.387 e. The molecule has 25 heteroatoms. The third-order valence-electron chi connectivity index (χ3n) is 7.73. The third kappa shape index (κ3) is 5.15. The Kier molecular flexibility index (Phi) is 7.61. The fraction of sp³-hybridized carbons (Fsp3) is 0.524. The lowest BCUT2D eigenvalue weighted by molar-refractivity contribution is -0.184. The molecule has 0 aliphatic carbocycles. The lowest BCUT2D eigenvalue weighted by atomic mass is 10.0. The summed E-state index contributed by atoms with van der Waals surface area (Å²) < 4.78 is 75.0. The number of nitrogens with two attached hydrogens (primary N) is 2. The molecule has 10 atom stereocenters. The molecule has 0 radical (unpaired) electrons. The van der Waals surface area contributed by atoms with Gasteiger partial charge in [-0.1, -0.05) is 0 Å². The highest BCUT2D eigenvalue weighted by Crippen LogP contribution is 2.53. The second kappa shape index (κ2) is 11.3. The quantitative estimate of drug-likeness (QED) is 0.104. The maximum atomic E-state index is 15.7. The third-order valence-corrected chi connectivity index (χ3v) is 9.07. The number of rotatable bonds is 10. The minimum Gasteiger partial charge on any atom is -0.387 e. The average molecular weight is 689 g/mol. The van der Waals surface area contributed by atoms with Gasteiger partial charge in [0.1, 0.15) is 48.5 Å². The first-order valence-electron chi connectivity index (χ1n) is 13.2. The predicted molar refractivity (Wildman–Crippen MR) is 146 cm³/mol. The van der Waals surface area contributed by atoms with Crippen LogP contribution in [0.3, 0.4) is 0 Å². The van der Waals surface area contributed by atoms with Gasteiger partial charge in [-0.15, -0.1) is 9.42 Å². The van der Waals surface area contributed by atoms with Crippen LogP contribution in [-0.2, 0) is 36.9 Å². The number of H-pyrrole nitrogens is 1. The number of hydrogen-bond donors (Lipinski definition) is 6. The molecule has 2 unspecified atom stereocenters. The maximum Gasteiger partial charge on any atom is 0.694 e. The molecule has 4 aromatic rings. The van der Waals surface area contributed by atoms with E-state index in [1.54, 1.807) is 0 Å². The van der Waals surface area contributed by atoms with E-state index in [9.17, 15) is 23.9 Å². The first kappa shape index (κ1) is 31.0. The van der Waals surface area contributed by atoms with Crippen molar-refractivity contribution in [2.24, 2.45) is 0 Å². The number of aromatic amines is 1. The number of anilines is 2. The Balaban J connectivity index is 1.12.